The number of hydrogen-bond donors (Lipinski definition) is 0. The minimum absolute atomic E-state index is 0.428. The third kappa shape index (κ3) is 3.48. The predicted octanol–water partition coefficient (Wildman–Crippen LogP) is 2.70. The highest BCUT2D eigenvalue weighted by atomic mass is 32.2. The quantitative estimate of drug-likeness (QED) is 0.795. The van der Waals surface area contributed by atoms with Crippen LogP contribution in [0.3, 0.4) is 0 Å². The summed E-state index contributed by atoms with van der Waals surface area (Å²) in [6, 6.07) is 0.428. The smallest absolute Gasteiger partial charge is 0.209 e. The molecule has 1 aromatic heterocycles. The molecule has 0 bridgehead atoms. The molecule has 19 heavy (non-hydrogen) atoms. The summed E-state index contributed by atoms with van der Waals surface area (Å²) in [7, 11) is 0. The second kappa shape index (κ2) is 6.70. The minimum Gasteiger partial charge on any atom is -0.381 e. The fourth-order valence-corrected chi connectivity index (χ4v) is 4.12. The molecule has 1 saturated carbocycles. The van der Waals surface area contributed by atoms with Crippen molar-refractivity contribution >= 4 is 11.8 Å². The first kappa shape index (κ1) is 13.4. The van der Waals surface area contributed by atoms with Crippen molar-refractivity contribution in [2.75, 3.05) is 19.0 Å². The molecule has 0 spiro atoms. The van der Waals surface area contributed by atoms with Gasteiger partial charge in [-0.15, -0.1) is 5.10 Å². The van der Waals surface area contributed by atoms with Gasteiger partial charge in [-0.25, -0.2) is 4.68 Å². The third-order valence-electron chi connectivity index (χ3n) is 4.17. The number of aromatic nitrogens is 4. The largest absolute Gasteiger partial charge is 0.381 e. The second-order valence-electron chi connectivity index (χ2n) is 5.56. The van der Waals surface area contributed by atoms with Gasteiger partial charge in [0.1, 0.15) is 0 Å². The zero-order chi connectivity index (χ0) is 12.9. The van der Waals surface area contributed by atoms with E-state index in [9.17, 15) is 0 Å². The first-order valence-corrected chi connectivity index (χ1v) is 8.40. The summed E-state index contributed by atoms with van der Waals surface area (Å²) in [4.78, 5) is 0. The molecule has 2 heterocycles. The fourth-order valence-electron chi connectivity index (χ4n) is 2.99. The molecule has 0 amide bonds. The van der Waals surface area contributed by atoms with Crippen LogP contribution in [0.25, 0.3) is 0 Å². The SMILES string of the molecule is C1CCC(CSc2nnnn2C2CCOCC2)CC1. The number of thioether (sulfide) groups is 1. The van der Waals surface area contributed by atoms with Crippen molar-refractivity contribution in [1.29, 1.82) is 0 Å². The lowest BCUT2D eigenvalue weighted by Crippen LogP contribution is -2.21. The lowest BCUT2D eigenvalue weighted by molar-refractivity contribution is 0.0631. The number of nitrogens with zero attached hydrogens (tertiary/aromatic N) is 4. The van der Waals surface area contributed by atoms with Crippen molar-refractivity contribution in [2.45, 2.75) is 56.1 Å². The highest BCUT2D eigenvalue weighted by molar-refractivity contribution is 7.99. The van der Waals surface area contributed by atoms with Gasteiger partial charge in [0.05, 0.1) is 6.04 Å². The second-order valence-corrected chi connectivity index (χ2v) is 6.55. The zero-order valence-corrected chi connectivity index (χ0v) is 12.1. The van der Waals surface area contributed by atoms with E-state index in [-0.39, 0.29) is 0 Å². The van der Waals surface area contributed by atoms with Crippen molar-refractivity contribution in [3.63, 3.8) is 0 Å². The van der Waals surface area contributed by atoms with E-state index in [4.69, 9.17) is 4.74 Å². The van der Waals surface area contributed by atoms with Crippen LogP contribution in [-0.4, -0.2) is 39.2 Å². The van der Waals surface area contributed by atoms with E-state index in [0.717, 1.165) is 37.1 Å². The molecule has 106 valence electrons. The van der Waals surface area contributed by atoms with Gasteiger partial charge in [0, 0.05) is 19.0 Å². The summed E-state index contributed by atoms with van der Waals surface area (Å²) < 4.78 is 7.43. The molecule has 0 N–H and O–H groups in total. The average Bonchev–Trinajstić information content (AvgIpc) is 2.95. The summed E-state index contributed by atoms with van der Waals surface area (Å²) in [5.41, 5.74) is 0. The van der Waals surface area contributed by atoms with Crippen LogP contribution in [0.1, 0.15) is 51.0 Å². The molecule has 5 nitrogen and oxygen atoms in total. The molecule has 0 radical (unpaired) electrons. The Balaban J connectivity index is 1.56. The Hall–Kier alpha value is -0.620. The van der Waals surface area contributed by atoms with Gasteiger partial charge in [-0.05, 0) is 42.0 Å². The minimum atomic E-state index is 0.428. The Kier molecular flexibility index (Phi) is 4.71. The van der Waals surface area contributed by atoms with Crippen LogP contribution in [0.15, 0.2) is 5.16 Å². The fraction of sp³-hybridized carbons (Fsp3) is 0.923. The van der Waals surface area contributed by atoms with Gasteiger partial charge in [-0.1, -0.05) is 31.0 Å². The summed E-state index contributed by atoms with van der Waals surface area (Å²) in [5, 5.41) is 13.2. The van der Waals surface area contributed by atoms with E-state index in [1.807, 2.05) is 16.4 Å². The molecular weight excluding hydrogens is 260 g/mol. The molecule has 0 unspecified atom stereocenters. The number of tetrazole rings is 1. The normalized spacial score (nSPS) is 22.7. The van der Waals surface area contributed by atoms with Crippen LogP contribution >= 0.6 is 11.8 Å². The van der Waals surface area contributed by atoms with Gasteiger partial charge in [0.2, 0.25) is 5.16 Å². The summed E-state index contributed by atoms with van der Waals surface area (Å²) in [6.07, 6.45) is 9.04. The van der Waals surface area contributed by atoms with Gasteiger partial charge >= 0.3 is 0 Å². The van der Waals surface area contributed by atoms with Gasteiger partial charge in [-0.3, -0.25) is 0 Å². The Morgan fingerprint density at radius 3 is 2.68 bits per heavy atom. The maximum absolute atomic E-state index is 5.40. The topological polar surface area (TPSA) is 52.8 Å². The number of rotatable bonds is 4. The van der Waals surface area contributed by atoms with Crippen molar-refractivity contribution in [3.05, 3.63) is 0 Å². The lowest BCUT2D eigenvalue weighted by atomic mass is 9.91. The monoisotopic (exact) mass is 282 g/mol. The molecule has 1 aliphatic heterocycles. The van der Waals surface area contributed by atoms with E-state index < -0.39 is 0 Å². The number of ether oxygens (including phenoxy) is 1. The first-order chi connectivity index (χ1) is 9.43. The van der Waals surface area contributed by atoms with Gasteiger partial charge in [0.15, 0.2) is 0 Å². The Morgan fingerprint density at radius 1 is 1.11 bits per heavy atom. The van der Waals surface area contributed by atoms with E-state index >= 15 is 0 Å². The maximum Gasteiger partial charge on any atom is 0.209 e. The lowest BCUT2D eigenvalue weighted by Gasteiger charge is -2.23. The molecular formula is C13H22N4OS. The Labute approximate surface area is 118 Å². The molecule has 1 aliphatic carbocycles. The van der Waals surface area contributed by atoms with E-state index in [0.29, 0.717) is 6.04 Å². The van der Waals surface area contributed by atoms with Gasteiger partial charge in [-0.2, -0.15) is 0 Å². The van der Waals surface area contributed by atoms with Crippen LogP contribution in [0.4, 0.5) is 0 Å². The third-order valence-corrected chi connectivity index (χ3v) is 5.34. The number of hydrogen-bond acceptors (Lipinski definition) is 5. The highest BCUT2D eigenvalue weighted by Gasteiger charge is 2.22. The molecule has 1 aromatic rings. The molecule has 3 rings (SSSR count). The Morgan fingerprint density at radius 2 is 1.89 bits per heavy atom. The van der Waals surface area contributed by atoms with Crippen molar-refractivity contribution in [3.8, 4) is 0 Å². The highest BCUT2D eigenvalue weighted by Crippen LogP contribution is 2.30. The van der Waals surface area contributed by atoms with E-state index in [1.54, 1.807) is 0 Å². The molecule has 6 heteroatoms. The molecule has 2 aliphatic rings. The van der Waals surface area contributed by atoms with Crippen LogP contribution in [0, 0.1) is 5.92 Å². The summed E-state index contributed by atoms with van der Waals surface area (Å²) in [5.74, 6) is 2.03. The summed E-state index contributed by atoms with van der Waals surface area (Å²) >= 11 is 1.84. The van der Waals surface area contributed by atoms with Gasteiger partial charge in [0.25, 0.3) is 0 Å². The van der Waals surface area contributed by atoms with Gasteiger partial charge < -0.3 is 4.74 Å². The molecule has 1 saturated heterocycles. The summed E-state index contributed by atoms with van der Waals surface area (Å²) in [6.45, 7) is 1.66. The van der Waals surface area contributed by atoms with Crippen LogP contribution in [0.2, 0.25) is 0 Å². The van der Waals surface area contributed by atoms with Crippen LogP contribution < -0.4 is 0 Å². The van der Waals surface area contributed by atoms with Crippen molar-refractivity contribution in [1.82, 2.24) is 20.2 Å². The van der Waals surface area contributed by atoms with Crippen LogP contribution in [-0.2, 0) is 4.74 Å². The zero-order valence-electron chi connectivity index (χ0n) is 11.3. The van der Waals surface area contributed by atoms with E-state index in [2.05, 4.69) is 15.5 Å². The molecule has 0 atom stereocenters. The first-order valence-electron chi connectivity index (χ1n) is 7.42. The molecule has 2 fully saturated rings. The van der Waals surface area contributed by atoms with Crippen LogP contribution in [0.5, 0.6) is 0 Å². The Bertz CT molecular complexity index is 386. The van der Waals surface area contributed by atoms with Crippen molar-refractivity contribution < 1.29 is 4.74 Å². The predicted molar refractivity (Wildman–Crippen MR) is 74.2 cm³/mol. The van der Waals surface area contributed by atoms with Crippen molar-refractivity contribution in [2.24, 2.45) is 5.92 Å². The maximum atomic E-state index is 5.40. The van der Waals surface area contributed by atoms with E-state index in [1.165, 1.54) is 37.9 Å². The standard InChI is InChI=1S/C13H22N4OS/c1-2-4-11(5-3-1)10-19-13-14-15-16-17(13)12-6-8-18-9-7-12/h11-12H,1-10H2. The average molecular weight is 282 g/mol. The molecule has 0 aromatic carbocycles.